The average Bonchev–Trinajstić information content (AvgIpc) is 2.39. The van der Waals surface area contributed by atoms with Crippen molar-refractivity contribution in [1.29, 1.82) is 0 Å². The summed E-state index contributed by atoms with van der Waals surface area (Å²) in [6.45, 7) is 7.44. The first kappa shape index (κ1) is 20.4. The molecule has 0 spiro atoms. The van der Waals surface area contributed by atoms with E-state index in [1.165, 1.54) is 64.2 Å². The number of unbranched alkanes of at least 4 members (excludes halogenated alkanes) is 9. The molecule has 3 nitrogen and oxygen atoms in total. The Morgan fingerprint density at radius 2 is 1.38 bits per heavy atom. The van der Waals surface area contributed by atoms with E-state index in [2.05, 4.69) is 11.8 Å². The second-order valence-corrected chi connectivity index (χ2v) is 6.46. The first-order valence-electron chi connectivity index (χ1n) is 8.94. The zero-order chi connectivity index (χ0) is 15.9. The van der Waals surface area contributed by atoms with Gasteiger partial charge in [0.2, 0.25) is 0 Å². The molecule has 0 aromatic heterocycles. The van der Waals surface area contributed by atoms with Gasteiger partial charge in [-0.25, -0.2) is 0 Å². The summed E-state index contributed by atoms with van der Waals surface area (Å²) in [5, 5.41) is 0. The second kappa shape index (κ2) is 14.4. The summed E-state index contributed by atoms with van der Waals surface area (Å²) in [6, 6.07) is 0. The predicted octanol–water partition coefficient (Wildman–Crippen LogP) is 4.79. The Morgan fingerprint density at radius 3 is 1.86 bits per heavy atom. The fraction of sp³-hybridized carbons (Fsp3) is 0.944. The van der Waals surface area contributed by atoms with Gasteiger partial charge in [-0.15, -0.1) is 0 Å². The topological polar surface area (TPSA) is 29.5 Å². The fourth-order valence-electron chi connectivity index (χ4n) is 2.47. The van der Waals surface area contributed by atoms with Gasteiger partial charge < -0.3 is 4.74 Å². The fourth-order valence-corrected chi connectivity index (χ4v) is 2.47. The van der Waals surface area contributed by atoms with E-state index in [-0.39, 0.29) is 12.1 Å². The third-order valence-electron chi connectivity index (χ3n) is 3.66. The lowest BCUT2D eigenvalue weighted by atomic mass is 10.1. The maximum atomic E-state index is 11.5. The lowest BCUT2D eigenvalue weighted by Crippen LogP contribution is -2.29. The van der Waals surface area contributed by atoms with Gasteiger partial charge in [-0.3, -0.25) is 9.69 Å². The number of carbonyl (C=O) groups is 1. The van der Waals surface area contributed by atoms with Gasteiger partial charge in [0.1, 0.15) is 0 Å². The van der Waals surface area contributed by atoms with Crippen molar-refractivity contribution >= 4 is 5.97 Å². The maximum absolute atomic E-state index is 11.5. The van der Waals surface area contributed by atoms with Crippen LogP contribution < -0.4 is 0 Å². The zero-order valence-electron chi connectivity index (χ0n) is 14.8. The third-order valence-corrected chi connectivity index (χ3v) is 3.66. The van der Waals surface area contributed by atoms with Crippen molar-refractivity contribution in [3.05, 3.63) is 0 Å². The summed E-state index contributed by atoms with van der Waals surface area (Å²) >= 11 is 0. The molecule has 0 amide bonds. The van der Waals surface area contributed by atoms with E-state index >= 15 is 0 Å². The number of hydrogen-bond donors (Lipinski definition) is 0. The number of esters is 1. The minimum Gasteiger partial charge on any atom is -0.462 e. The Morgan fingerprint density at radius 1 is 0.905 bits per heavy atom. The highest BCUT2D eigenvalue weighted by Crippen LogP contribution is 2.10. The van der Waals surface area contributed by atoms with Crippen molar-refractivity contribution in [2.45, 2.75) is 91.1 Å². The molecule has 0 atom stereocenters. The summed E-state index contributed by atoms with van der Waals surface area (Å²) in [5.41, 5.74) is 0. The predicted molar refractivity (Wildman–Crippen MR) is 90.6 cm³/mol. The SMILES string of the molecule is CCCCCCCCCCCCN(C)CC(=O)OC(C)C. The van der Waals surface area contributed by atoms with Gasteiger partial charge in [0, 0.05) is 0 Å². The number of rotatable bonds is 14. The van der Waals surface area contributed by atoms with Crippen molar-refractivity contribution in [2.24, 2.45) is 0 Å². The van der Waals surface area contributed by atoms with E-state index in [1.54, 1.807) is 0 Å². The van der Waals surface area contributed by atoms with Crippen molar-refractivity contribution in [3.8, 4) is 0 Å². The van der Waals surface area contributed by atoms with Crippen LogP contribution in [0.2, 0.25) is 0 Å². The largest absolute Gasteiger partial charge is 0.462 e. The summed E-state index contributed by atoms with van der Waals surface area (Å²) < 4.78 is 5.14. The van der Waals surface area contributed by atoms with Crippen molar-refractivity contribution < 1.29 is 9.53 Å². The molecule has 0 aromatic rings. The number of nitrogens with zero attached hydrogens (tertiary/aromatic N) is 1. The van der Waals surface area contributed by atoms with Crippen LogP contribution in [-0.2, 0) is 9.53 Å². The Labute approximate surface area is 132 Å². The van der Waals surface area contributed by atoms with Gasteiger partial charge in [-0.2, -0.15) is 0 Å². The zero-order valence-corrected chi connectivity index (χ0v) is 14.8. The van der Waals surface area contributed by atoms with E-state index in [0.29, 0.717) is 6.54 Å². The molecule has 0 saturated carbocycles. The van der Waals surface area contributed by atoms with E-state index < -0.39 is 0 Å². The van der Waals surface area contributed by atoms with Crippen LogP contribution in [0.1, 0.15) is 85.0 Å². The molecule has 0 heterocycles. The Kier molecular flexibility index (Phi) is 14.0. The first-order valence-corrected chi connectivity index (χ1v) is 8.94. The highest BCUT2D eigenvalue weighted by Gasteiger charge is 2.08. The van der Waals surface area contributed by atoms with Gasteiger partial charge in [0.15, 0.2) is 0 Å². The van der Waals surface area contributed by atoms with E-state index in [9.17, 15) is 4.79 Å². The molecule has 126 valence electrons. The van der Waals surface area contributed by atoms with Gasteiger partial charge in [0.05, 0.1) is 12.6 Å². The molecule has 0 aromatic carbocycles. The van der Waals surface area contributed by atoms with Crippen LogP contribution in [0.15, 0.2) is 0 Å². The molecule has 21 heavy (non-hydrogen) atoms. The van der Waals surface area contributed by atoms with Crippen LogP contribution in [0.3, 0.4) is 0 Å². The highest BCUT2D eigenvalue weighted by atomic mass is 16.5. The molecule has 0 aliphatic rings. The van der Waals surface area contributed by atoms with Gasteiger partial charge in [-0.05, 0) is 33.9 Å². The number of ether oxygens (including phenoxy) is 1. The molecular weight excluding hydrogens is 262 g/mol. The molecule has 0 aliphatic carbocycles. The minimum atomic E-state index is -0.112. The quantitative estimate of drug-likeness (QED) is 0.341. The van der Waals surface area contributed by atoms with Crippen molar-refractivity contribution in [1.82, 2.24) is 4.90 Å². The van der Waals surface area contributed by atoms with Crippen LogP contribution >= 0.6 is 0 Å². The van der Waals surface area contributed by atoms with Gasteiger partial charge in [-0.1, -0.05) is 64.7 Å². The lowest BCUT2D eigenvalue weighted by Gasteiger charge is -2.16. The van der Waals surface area contributed by atoms with Crippen LogP contribution in [0, 0.1) is 0 Å². The molecule has 0 aliphatic heterocycles. The molecule has 0 rings (SSSR count). The van der Waals surface area contributed by atoms with Crippen molar-refractivity contribution in [3.63, 3.8) is 0 Å². The average molecular weight is 299 g/mol. The molecule has 0 N–H and O–H groups in total. The summed E-state index contributed by atoms with van der Waals surface area (Å²) in [4.78, 5) is 13.5. The molecule has 0 unspecified atom stereocenters. The van der Waals surface area contributed by atoms with Crippen LogP contribution in [0.5, 0.6) is 0 Å². The lowest BCUT2D eigenvalue weighted by molar-refractivity contribution is -0.148. The Hall–Kier alpha value is -0.570. The van der Waals surface area contributed by atoms with E-state index in [0.717, 1.165) is 6.54 Å². The summed E-state index contributed by atoms with van der Waals surface area (Å²) in [5.74, 6) is -0.112. The van der Waals surface area contributed by atoms with Crippen molar-refractivity contribution in [2.75, 3.05) is 20.1 Å². The second-order valence-electron chi connectivity index (χ2n) is 6.46. The number of carbonyl (C=O) groups excluding carboxylic acids is 1. The van der Waals surface area contributed by atoms with Gasteiger partial charge >= 0.3 is 5.97 Å². The van der Waals surface area contributed by atoms with Crippen LogP contribution in [0.25, 0.3) is 0 Å². The van der Waals surface area contributed by atoms with Gasteiger partial charge in [0.25, 0.3) is 0 Å². The van der Waals surface area contributed by atoms with E-state index in [1.807, 2.05) is 20.9 Å². The molecule has 0 radical (unpaired) electrons. The third kappa shape index (κ3) is 15.6. The highest BCUT2D eigenvalue weighted by molar-refractivity contribution is 5.71. The maximum Gasteiger partial charge on any atom is 0.320 e. The van der Waals surface area contributed by atoms with Crippen LogP contribution in [0.4, 0.5) is 0 Å². The molecule has 0 bridgehead atoms. The normalized spacial score (nSPS) is 11.3. The molecule has 3 heteroatoms. The standard InChI is InChI=1S/C18H37NO2/c1-5-6-7-8-9-10-11-12-13-14-15-19(4)16-18(20)21-17(2)3/h17H,5-16H2,1-4H3. The monoisotopic (exact) mass is 299 g/mol. The smallest absolute Gasteiger partial charge is 0.320 e. The molecular formula is C18H37NO2. The Balaban J connectivity index is 3.28. The summed E-state index contributed by atoms with van der Waals surface area (Å²) in [7, 11) is 2.00. The minimum absolute atomic E-state index is 0.0109. The number of likely N-dealkylation sites (N-methyl/N-ethyl adjacent to an activating group) is 1. The number of hydrogen-bond acceptors (Lipinski definition) is 3. The Bertz CT molecular complexity index is 241. The van der Waals surface area contributed by atoms with Crippen LogP contribution in [-0.4, -0.2) is 37.1 Å². The molecule has 0 saturated heterocycles. The first-order chi connectivity index (χ1) is 10.1. The summed E-state index contributed by atoms with van der Waals surface area (Å²) in [6.07, 6.45) is 13.5. The van der Waals surface area contributed by atoms with E-state index in [4.69, 9.17) is 4.74 Å². The molecule has 0 fully saturated rings.